The number of amides is 1. The van der Waals surface area contributed by atoms with Crippen molar-refractivity contribution in [1.29, 1.82) is 0 Å². The maximum Gasteiger partial charge on any atom is 0.267 e. The van der Waals surface area contributed by atoms with Crippen molar-refractivity contribution >= 4 is 5.91 Å². The fourth-order valence-electron chi connectivity index (χ4n) is 4.10. The number of hydrogen-bond acceptors (Lipinski definition) is 5. The van der Waals surface area contributed by atoms with Crippen molar-refractivity contribution in [3.63, 3.8) is 0 Å². The van der Waals surface area contributed by atoms with E-state index in [2.05, 4.69) is 20.6 Å². The lowest BCUT2D eigenvalue weighted by Crippen LogP contribution is -2.40. The third kappa shape index (κ3) is 3.53. The average Bonchev–Trinajstić information content (AvgIpc) is 3.00. The number of hydrogen-bond donors (Lipinski definition) is 2. The van der Waals surface area contributed by atoms with E-state index in [9.17, 15) is 9.59 Å². The van der Waals surface area contributed by atoms with Crippen LogP contribution >= 0.6 is 0 Å². The molecular weight excluding hydrogens is 346 g/mol. The number of aromatic amines is 1. The maximum absolute atomic E-state index is 12.5. The van der Waals surface area contributed by atoms with Gasteiger partial charge in [-0.15, -0.1) is 0 Å². The molecule has 1 fully saturated rings. The van der Waals surface area contributed by atoms with Crippen LogP contribution in [0.3, 0.4) is 0 Å². The van der Waals surface area contributed by atoms with Crippen LogP contribution < -0.4 is 10.9 Å². The summed E-state index contributed by atoms with van der Waals surface area (Å²) in [5, 5.41) is 14.7. The summed E-state index contributed by atoms with van der Waals surface area (Å²) in [4.78, 5) is 25.0. The van der Waals surface area contributed by atoms with E-state index < -0.39 is 0 Å². The Morgan fingerprint density at radius 3 is 2.78 bits per heavy atom. The number of carbonyl (C=O) groups is 1. The van der Waals surface area contributed by atoms with Gasteiger partial charge in [0, 0.05) is 29.8 Å². The van der Waals surface area contributed by atoms with Crippen LogP contribution in [0.25, 0.3) is 0 Å². The quantitative estimate of drug-likeness (QED) is 0.853. The van der Waals surface area contributed by atoms with Gasteiger partial charge in [-0.2, -0.15) is 10.2 Å². The zero-order valence-corrected chi connectivity index (χ0v) is 15.7. The second kappa shape index (κ2) is 7.26. The van der Waals surface area contributed by atoms with Gasteiger partial charge in [0.05, 0.1) is 36.2 Å². The van der Waals surface area contributed by atoms with Crippen LogP contribution in [0.4, 0.5) is 0 Å². The van der Waals surface area contributed by atoms with E-state index in [0.717, 1.165) is 49.1 Å². The van der Waals surface area contributed by atoms with Crippen molar-refractivity contribution in [3.8, 4) is 0 Å². The summed E-state index contributed by atoms with van der Waals surface area (Å²) in [6.45, 7) is 4.81. The minimum absolute atomic E-state index is 0.0589. The van der Waals surface area contributed by atoms with E-state index in [-0.39, 0.29) is 23.6 Å². The van der Waals surface area contributed by atoms with Gasteiger partial charge in [-0.25, -0.2) is 4.68 Å². The Morgan fingerprint density at radius 1 is 1.30 bits per heavy atom. The first-order valence-corrected chi connectivity index (χ1v) is 9.54. The Balaban J connectivity index is 1.41. The molecule has 1 amide bonds. The number of nitrogens with zero attached hydrogens (tertiary/aromatic N) is 3. The van der Waals surface area contributed by atoms with Gasteiger partial charge in [-0.1, -0.05) is 0 Å². The Hall–Kier alpha value is -2.48. The molecule has 1 saturated carbocycles. The van der Waals surface area contributed by atoms with Crippen LogP contribution in [0.5, 0.6) is 0 Å². The SMILES string of the molecule is Cc1n[nH]c(C)c1C(=O)NC1CCC(n2nc3c(cc2=O)COCC3)CC1. The molecule has 8 heteroatoms. The molecule has 0 saturated heterocycles. The van der Waals surface area contributed by atoms with E-state index in [4.69, 9.17) is 4.74 Å². The Kier molecular flexibility index (Phi) is 4.82. The van der Waals surface area contributed by atoms with Crippen molar-refractivity contribution < 1.29 is 9.53 Å². The second-order valence-electron chi connectivity index (χ2n) is 7.49. The minimum Gasteiger partial charge on any atom is -0.376 e. The third-order valence-corrected chi connectivity index (χ3v) is 5.60. The van der Waals surface area contributed by atoms with Crippen molar-refractivity contribution in [2.24, 2.45) is 0 Å². The predicted octanol–water partition coefficient (Wildman–Crippen LogP) is 1.57. The molecule has 2 aromatic heterocycles. The Bertz CT molecular complexity index is 889. The molecular formula is C19H25N5O3. The highest BCUT2D eigenvalue weighted by molar-refractivity contribution is 5.96. The first-order valence-electron chi connectivity index (χ1n) is 9.54. The standard InChI is InChI=1S/C19H25N5O3/c1-11-18(12(2)22-21-11)19(26)20-14-3-5-15(6-4-14)24-17(25)9-13-10-27-8-7-16(13)23-24/h9,14-15H,3-8,10H2,1-2H3,(H,20,26)(H,21,22). The second-order valence-corrected chi connectivity index (χ2v) is 7.49. The molecule has 0 unspecified atom stereocenters. The highest BCUT2D eigenvalue weighted by atomic mass is 16.5. The van der Waals surface area contributed by atoms with Gasteiger partial charge in [0.2, 0.25) is 0 Å². The number of fused-ring (bicyclic) bond motifs is 1. The first-order chi connectivity index (χ1) is 13.0. The van der Waals surface area contributed by atoms with Gasteiger partial charge >= 0.3 is 0 Å². The summed E-state index contributed by atoms with van der Waals surface area (Å²) in [6, 6.07) is 1.88. The highest BCUT2D eigenvalue weighted by Crippen LogP contribution is 2.28. The summed E-state index contributed by atoms with van der Waals surface area (Å²) in [5.41, 5.74) is 3.96. The Labute approximate surface area is 157 Å². The van der Waals surface area contributed by atoms with Crippen LogP contribution in [0.1, 0.15) is 64.7 Å². The van der Waals surface area contributed by atoms with Gasteiger partial charge in [-0.05, 0) is 39.5 Å². The molecule has 1 aliphatic heterocycles. The number of nitrogens with one attached hydrogen (secondary N) is 2. The topological polar surface area (TPSA) is 102 Å². The molecule has 2 aromatic rings. The van der Waals surface area contributed by atoms with Crippen LogP contribution in [-0.2, 0) is 17.8 Å². The molecule has 0 radical (unpaired) electrons. The lowest BCUT2D eigenvalue weighted by atomic mass is 9.91. The number of aromatic nitrogens is 4. The zero-order valence-electron chi connectivity index (χ0n) is 15.7. The lowest BCUT2D eigenvalue weighted by molar-refractivity contribution is 0.0919. The number of H-pyrrole nitrogens is 1. The molecule has 4 rings (SSSR count). The van der Waals surface area contributed by atoms with Crippen molar-refractivity contribution in [3.05, 3.63) is 44.6 Å². The molecule has 144 valence electrons. The molecule has 2 N–H and O–H groups in total. The van der Waals surface area contributed by atoms with Crippen LogP contribution in [0.2, 0.25) is 0 Å². The summed E-state index contributed by atoms with van der Waals surface area (Å²) >= 11 is 0. The van der Waals surface area contributed by atoms with E-state index >= 15 is 0 Å². The van der Waals surface area contributed by atoms with E-state index in [1.54, 1.807) is 10.7 Å². The smallest absolute Gasteiger partial charge is 0.267 e. The summed E-state index contributed by atoms with van der Waals surface area (Å²) in [7, 11) is 0. The van der Waals surface area contributed by atoms with Crippen molar-refractivity contribution in [2.75, 3.05) is 6.61 Å². The molecule has 27 heavy (non-hydrogen) atoms. The predicted molar refractivity (Wildman–Crippen MR) is 98.7 cm³/mol. The third-order valence-electron chi connectivity index (χ3n) is 5.60. The van der Waals surface area contributed by atoms with Gasteiger partial charge < -0.3 is 10.1 Å². The van der Waals surface area contributed by atoms with Crippen molar-refractivity contribution in [2.45, 2.75) is 64.6 Å². The maximum atomic E-state index is 12.5. The number of aryl methyl sites for hydroxylation is 2. The molecule has 0 aromatic carbocycles. The van der Waals surface area contributed by atoms with Gasteiger partial charge in [0.1, 0.15) is 0 Å². The molecule has 2 aliphatic rings. The molecule has 8 nitrogen and oxygen atoms in total. The largest absolute Gasteiger partial charge is 0.376 e. The highest BCUT2D eigenvalue weighted by Gasteiger charge is 2.27. The van der Waals surface area contributed by atoms with E-state index in [0.29, 0.717) is 24.5 Å². The van der Waals surface area contributed by atoms with Crippen LogP contribution in [-0.4, -0.2) is 38.5 Å². The zero-order chi connectivity index (χ0) is 19.0. The van der Waals surface area contributed by atoms with E-state index in [1.165, 1.54) is 0 Å². The van der Waals surface area contributed by atoms with Crippen LogP contribution in [0.15, 0.2) is 10.9 Å². The fourth-order valence-corrected chi connectivity index (χ4v) is 4.10. The molecule has 0 spiro atoms. The molecule has 0 bridgehead atoms. The van der Waals surface area contributed by atoms with Gasteiger partial charge in [0.25, 0.3) is 11.5 Å². The van der Waals surface area contributed by atoms with Gasteiger partial charge in [-0.3, -0.25) is 14.7 Å². The number of ether oxygens (including phenoxy) is 1. The average molecular weight is 371 g/mol. The van der Waals surface area contributed by atoms with Gasteiger partial charge in [0.15, 0.2) is 0 Å². The van der Waals surface area contributed by atoms with Crippen LogP contribution in [0, 0.1) is 13.8 Å². The Morgan fingerprint density at radius 2 is 2.07 bits per heavy atom. The minimum atomic E-state index is -0.0775. The molecule has 0 atom stereocenters. The normalized spacial score (nSPS) is 22.3. The summed E-state index contributed by atoms with van der Waals surface area (Å²) in [6.07, 6.45) is 4.08. The lowest BCUT2D eigenvalue weighted by Gasteiger charge is -2.30. The fraction of sp³-hybridized carbons (Fsp3) is 0.579. The number of rotatable bonds is 3. The summed E-state index contributed by atoms with van der Waals surface area (Å²) in [5.74, 6) is -0.0775. The molecule has 3 heterocycles. The van der Waals surface area contributed by atoms with E-state index in [1.807, 2.05) is 13.8 Å². The monoisotopic (exact) mass is 371 g/mol. The number of carbonyl (C=O) groups excluding carboxylic acids is 1. The first kappa shape index (κ1) is 17.9. The van der Waals surface area contributed by atoms with Crippen molar-refractivity contribution in [1.82, 2.24) is 25.3 Å². The summed E-state index contributed by atoms with van der Waals surface area (Å²) < 4.78 is 7.05. The molecule has 1 aliphatic carbocycles.